The maximum atomic E-state index is 12.5. The van der Waals surface area contributed by atoms with Gasteiger partial charge in [0.25, 0.3) is 0 Å². The minimum absolute atomic E-state index is 0.160. The van der Waals surface area contributed by atoms with Crippen LogP contribution in [0.25, 0.3) is 0 Å². The van der Waals surface area contributed by atoms with Crippen molar-refractivity contribution in [2.75, 3.05) is 6.54 Å². The lowest BCUT2D eigenvalue weighted by molar-refractivity contribution is -0.143. The molecule has 0 aliphatic carbocycles. The fourth-order valence-corrected chi connectivity index (χ4v) is 2.26. The van der Waals surface area contributed by atoms with E-state index in [0.29, 0.717) is 12.8 Å². The van der Waals surface area contributed by atoms with Crippen LogP contribution in [0.1, 0.15) is 47.5 Å². The lowest BCUT2D eigenvalue weighted by atomic mass is 9.97. The van der Waals surface area contributed by atoms with E-state index in [1.54, 1.807) is 13.8 Å². The molecule has 0 saturated heterocycles. The van der Waals surface area contributed by atoms with Crippen LogP contribution in [0.4, 0.5) is 0 Å². The summed E-state index contributed by atoms with van der Waals surface area (Å²) in [7, 11) is 0. The first kappa shape index (κ1) is 23.8. The Labute approximate surface area is 154 Å². The molecule has 0 aromatic carbocycles. The van der Waals surface area contributed by atoms with E-state index in [9.17, 15) is 24.3 Å². The van der Waals surface area contributed by atoms with Crippen molar-refractivity contribution in [2.24, 2.45) is 17.6 Å². The zero-order valence-corrected chi connectivity index (χ0v) is 16.2. The first-order valence-electron chi connectivity index (χ1n) is 8.91. The van der Waals surface area contributed by atoms with Crippen LogP contribution in [0, 0.1) is 11.8 Å². The highest BCUT2D eigenvalue weighted by molar-refractivity contribution is 5.93. The number of carbonyl (C=O) groups is 4. The number of nitrogens with two attached hydrogens (primary N) is 1. The lowest BCUT2D eigenvalue weighted by Crippen LogP contribution is -2.57. The Bertz CT molecular complexity index is 511. The predicted octanol–water partition coefficient (Wildman–Crippen LogP) is -0.404. The standard InChI is InChI=1S/C17H32N4O5/c1-6-9(3)13(20-12(22)8-18)16(24)19-11(5)15(23)21-14(17(25)26)10(4)7-2/h9-11,13-14H,6-8,18H2,1-5H3,(H,19,24)(H,20,22)(H,21,23)(H,25,26). The maximum Gasteiger partial charge on any atom is 0.326 e. The molecule has 0 aliphatic rings. The van der Waals surface area contributed by atoms with Crippen molar-refractivity contribution in [3.63, 3.8) is 0 Å². The van der Waals surface area contributed by atoms with Crippen molar-refractivity contribution in [1.29, 1.82) is 0 Å². The minimum atomic E-state index is -1.13. The molecule has 150 valence electrons. The largest absolute Gasteiger partial charge is 0.480 e. The lowest BCUT2D eigenvalue weighted by Gasteiger charge is -2.26. The molecule has 0 aliphatic heterocycles. The van der Waals surface area contributed by atoms with Gasteiger partial charge in [-0.2, -0.15) is 0 Å². The van der Waals surface area contributed by atoms with Gasteiger partial charge in [-0.15, -0.1) is 0 Å². The molecule has 3 amide bonds. The van der Waals surface area contributed by atoms with Crippen molar-refractivity contribution in [3.05, 3.63) is 0 Å². The quantitative estimate of drug-likeness (QED) is 0.333. The number of hydrogen-bond donors (Lipinski definition) is 5. The van der Waals surface area contributed by atoms with Gasteiger partial charge in [-0.25, -0.2) is 4.79 Å². The minimum Gasteiger partial charge on any atom is -0.480 e. The van der Waals surface area contributed by atoms with Gasteiger partial charge >= 0.3 is 5.97 Å². The van der Waals surface area contributed by atoms with E-state index in [-0.39, 0.29) is 18.4 Å². The number of rotatable bonds is 11. The molecule has 0 saturated carbocycles. The van der Waals surface area contributed by atoms with Crippen LogP contribution in [0.15, 0.2) is 0 Å². The summed E-state index contributed by atoms with van der Waals surface area (Å²) < 4.78 is 0. The maximum absolute atomic E-state index is 12.5. The van der Waals surface area contributed by atoms with Gasteiger partial charge in [-0.3, -0.25) is 14.4 Å². The van der Waals surface area contributed by atoms with E-state index in [1.807, 2.05) is 13.8 Å². The normalized spacial score (nSPS) is 16.5. The Morgan fingerprint density at radius 1 is 0.846 bits per heavy atom. The van der Waals surface area contributed by atoms with Crippen LogP contribution in [0.5, 0.6) is 0 Å². The highest BCUT2D eigenvalue weighted by Gasteiger charge is 2.30. The van der Waals surface area contributed by atoms with Crippen molar-refractivity contribution >= 4 is 23.7 Å². The third-order valence-electron chi connectivity index (χ3n) is 4.53. The second-order valence-corrected chi connectivity index (χ2v) is 6.58. The van der Waals surface area contributed by atoms with Gasteiger partial charge in [0.15, 0.2) is 0 Å². The molecule has 5 unspecified atom stereocenters. The molecule has 0 spiro atoms. The Morgan fingerprint density at radius 3 is 1.77 bits per heavy atom. The summed E-state index contributed by atoms with van der Waals surface area (Å²) >= 11 is 0. The molecule has 6 N–H and O–H groups in total. The number of carboxylic acids is 1. The van der Waals surface area contributed by atoms with Crippen molar-refractivity contribution in [3.8, 4) is 0 Å². The second-order valence-electron chi connectivity index (χ2n) is 6.58. The van der Waals surface area contributed by atoms with Crippen molar-refractivity contribution < 1.29 is 24.3 Å². The third-order valence-corrected chi connectivity index (χ3v) is 4.53. The van der Waals surface area contributed by atoms with Gasteiger partial charge in [-0.1, -0.05) is 40.5 Å². The van der Waals surface area contributed by atoms with Gasteiger partial charge in [0.05, 0.1) is 6.54 Å². The number of hydrogen-bond acceptors (Lipinski definition) is 5. The number of carboxylic acid groups (broad SMARTS) is 1. The monoisotopic (exact) mass is 372 g/mol. The molecule has 0 radical (unpaired) electrons. The molecule has 0 fully saturated rings. The Hall–Kier alpha value is -2.16. The summed E-state index contributed by atoms with van der Waals surface area (Å²) in [6.07, 6.45) is 1.22. The van der Waals surface area contributed by atoms with Crippen LogP contribution in [0.3, 0.4) is 0 Å². The summed E-state index contributed by atoms with van der Waals surface area (Å²) in [6, 6.07) is -2.81. The van der Waals surface area contributed by atoms with Crippen molar-refractivity contribution in [2.45, 2.75) is 65.6 Å². The van der Waals surface area contributed by atoms with Gasteiger partial charge in [0.2, 0.25) is 17.7 Å². The van der Waals surface area contributed by atoms with Crippen LogP contribution in [0.2, 0.25) is 0 Å². The van der Waals surface area contributed by atoms with Crippen LogP contribution in [-0.2, 0) is 19.2 Å². The summed E-state index contributed by atoms with van der Waals surface area (Å²) in [5.74, 6) is -3.12. The van der Waals surface area contributed by atoms with E-state index in [4.69, 9.17) is 5.73 Å². The second kappa shape index (κ2) is 11.5. The molecule has 0 aromatic heterocycles. The van der Waals surface area contributed by atoms with Gasteiger partial charge < -0.3 is 26.8 Å². The van der Waals surface area contributed by atoms with E-state index in [0.717, 1.165) is 0 Å². The number of nitrogens with one attached hydrogen (secondary N) is 3. The van der Waals surface area contributed by atoms with Crippen molar-refractivity contribution in [1.82, 2.24) is 16.0 Å². The zero-order chi connectivity index (χ0) is 20.4. The van der Waals surface area contributed by atoms with E-state index >= 15 is 0 Å². The molecular formula is C17H32N4O5. The van der Waals surface area contributed by atoms with E-state index < -0.39 is 41.8 Å². The highest BCUT2D eigenvalue weighted by Crippen LogP contribution is 2.10. The first-order valence-corrected chi connectivity index (χ1v) is 8.91. The molecule has 9 nitrogen and oxygen atoms in total. The fraction of sp³-hybridized carbons (Fsp3) is 0.765. The third kappa shape index (κ3) is 7.38. The summed E-state index contributed by atoms with van der Waals surface area (Å²) in [4.78, 5) is 47.6. The molecular weight excluding hydrogens is 340 g/mol. The topological polar surface area (TPSA) is 151 Å². The number of aliphatic carboxylic acids is 1. The summed E-state index contributed by atoms with van der Waals surface area (Å²) in [5, 5.41) is 16.8. The molecule has 0 rings (SSSR count). The molecule has 5 atom stereocenters. The zero-order valence-electron chi connectivity index (χ0n) is 16.2. The van der Waals surface area contributed by atoms with Gasteiger partial charge in [0, 0.05) is 0 Å². The summed E-state index contributed by atoms with van der Waals surface area (Å²) in [6.45, 7) is 8.44. The number of amides is 3. The molecule has 0 aromatic rings. The summed E-state index contributed by atoms with van der Waals surface area (Å²) in [5.41, 5.74) is 5.27. The smallest absolute Gasteiger partial charge is 0.326 e. The van der Waals surface area contributed by atoms with Gasteiger partial charge in [-0.05, 0) is 18.8 Å². The van der Waals surface area contributed by atoms with Crippen LogP contribution >= 0.6 is 0 Å². The fourth-order valence-electron chi connectivity index (χ4n) is 2.26. The average Bonchev–Trinajstić information content (AvgIpc) is 2.61. The van der Waals surface area contributed by atoms with Crippen LogP contribution < -0.4 is 21.7 Å². The molecule has 0 heterocycles. The highest BCUT2D eigenvalue weighted by atomic mass is 16.4. The molecule has 9 heteroatoms. The first-order chi connectivity index (χ1) is 12.1. The SMILES string of the molecule is CCC(C)C(NC(=O)C(C)NC(=O)C(NC(=O)CN)C(C)CC)C(=O)O. The Morgan fingerprint density at radius 2 is 1.35 bits per heavy atom. The molecule has 26 heavy (non-hydrogen) atoms. The van der Waals surface area contributed by atoms with E-state index in [1.165, 1.54) is 6.92 Å². The van der Waals surface area contributed by atoms with Gasteiger partial charge in [0.1, 0.15) is 18.1 Å². The van der Waals surface area contributed by atoms with E-state index in [2.05, 4.69) is 16.0 Å². The predicted molar refractivity (Wildman–Crippen MR) is 97.1 cm³/mol. The average molecular weight is 372 g/mol. The Kier molecular flexibility index (Phi) is 10.5. The molecule has 0 bridgehead atoms. The Balaban J connectivity index is 5.00. The van der Waals surface area contributed by atoms with Crippen LogP contribution in [-0.4, -0.2) is 53.5 Å². The number of carbonyl (C=O) groups excluding carboxylic acids is 3.